The van der Waals surface area contributed by atoms with Crippen molar-refractivity contribution in [3.05, 3.63) is 222 Å². The summed E-state index contributed by atoms with van der Waals surface area (Å²) in [6, 6.07) is 56.5. The van der Waals surface area contributed by atoms with Crippen LogP contribution in [-0.2, 0) is 10.8 Å². The molecule has 6 aromatic carbocycles. The van der Waals surface area contributed by atoms with Crippen LogP contribution in [0, 0.1) is 0 Å². The Morgan fingerprint density at radius 1 is 0.554 bits per heavy atom. The average molecular weight is 846 g/mol. The van der Waals surface area contributed by atoms with Crippen molar-refractivity contribution in [2.24, 2.45) is 0 Å². The molecule has 0 amide bonds. The van der Waals surface area contributed by atoms with Gasteiger partial charge in [0.15, 0.2) is 0 Å². The third-order valence-corrected chi connectivity index (χ3v) is 13.1. The number of ether oxygens (including phenoxy) is 1. The molecule has 0 N–H and O–H groups in total. The number of hydrogen-bond donors (Lipinski definition) is 0. The van der Waals surface area contributed by atoms with Gasteiger partial charge in [0.1, 0.15) is 17.3 Å². The van der Waals surface area contributed by atoms with E-state index in [4.69, 9.17) is 9.72 Å². The molecule has 0 aliphatic carbocycles. The molecule has 3 aliphatic rings. The largest absolute Gasteiger partial charge is 0.457 e. The molecule has 0 fully saturated rings. The predicted molar refractivity (Wildman–Crippen MR) is 272 cm³/mol. The Bertz CT molecular complexity index is 3250. The molecule has 3 aliphatic heterocycles. The molecule has 0 saturated carbocycles. The summed E-state index contributed by atoms with van der Waals surface area (Å²) >= 11 is 0. The summed E-state index contributed by atoms with van der Waals surface area (Å²) < 4.78 is 9.06. The van der Waals surface area contributed by atoms with E-state index in [1.54, 1.807) is 0 Å². The van der Waals surface area contributed by atoms with Crippen molar-refractivity contribution in [2.45, 2.75) is 52.4 Å². The Morgan fingerprint density at radius 2 is 1.25 bits per heavy atom. The van der Waals surface area contributed by atoms with Gasteiger partial charge in [0.25, 0.3) is 0 Å². The first kappa shape index (κ1) is 40.3. The maximum atomic E-state index is 6.79. The van der Waals surface area contributed by atoms with Crippen molar-refractivity contribution in [1.82, 2.24) is 14.4 Å². The van der Waals surface area contributed by atoms with E-state index in [1.807, 2.05) is 12.3 Å². The van der Waals surface area contributed by atoms with E-state index < -0.39 is 0 Å². The summed E-state index contributed by atoms with van der Waals surface area (Å²) in [4.78, 5) is 12.1. The van der Waals surface area contributed by atoms with Gasteiger partial charge >= 0.3 is 6.85 Å². The van der Waals surface area contributed by atoms with Crippen LogP contribution in [0.5, 0.6) is 11.5 Å². The van der Waals surface area contributed by atoms with Crippen molar-refractivity contribution in [2.75, 3.05) is 16.5 Å². The smallest absolute Gasteiger partial charge is 0.338 e. The lowest BCUT2D eigenvalue weighted by atomic mass is 9.51. The van der Waals surface area contributed by atoms with E-state index in [2.05, 4.69) is 243 Å². The Labute approximate surface area is 382 Å². The van der Waals surface area contributed by atoms with E-state index in [1.165, 1.54) is 50.1 Å². The molecular weight excluding hydrogens is 793 g/mol. The number of benzene rings is 6. The monoisotopic (exact) mass is 845 g/mol. The minimum atomic E-state index is -0.0307. The predicted octanol–water partition coefficient (Wildman–Crippen LogP) is 14.4. The SMILES string of the molecule is CC(C)(C)c1ccc(C2=CB3C(N4CN(c5cccc(Oc6ccc7c8ccccc8n(-c8cc(C(C)(C)C)ccn8)c7c6)c5)c5ccccc54)=C(c4ccccc4)C=CN3C=C2)cc1. The van der Waals surface area contributed by atoms with Crippen LogP contribution in [0.2, 0.25) is 0 Å². The third-order valence-electron chi connectivity index (χ3n) is 13.1. The van der Waals surface area contributed by atoms with Gasteiger partial charge in [-0.3, -0.25) is 4.57 Å². The molecule has 11 rings (SSSR count). The summed E-state index contributed by atoms with van der Waals surface area (Å²) in [7, 11) is 0. The number of allylic oxidation sites excluding steroid dienone is 4. The van der Waals surface area contributed by atoms with Gasteiger partial charge in [-0.2, -0.15) is 0 Å². The molecule has 0 saturated heterocycles. The van der Waals surface area contributed by atoms with Gasteiger partial charge in [-0.05, 0) is 123 Å². The second kappa shape index (κ2) is 15.6. The topological polar surface area (TPSA) is 36.8 Å². The lowest BCUT2D eigenvalue weighted by Crippen LogP contribution is -2.44. The molecule has 8 aromatic rings. The lowest BCUT2D eigenvalue weighted by Gasteiger charge is -2.37. The van der Waals surface area contributed by atoms with Crippen molar-refractivity contribution in [3.63, 3.8) is 0 Å². The number of rotatable bonds is 7. The van der Waals surface area contributed by atoms with Gasteiger partial charge in [0.2, 0.25) is 0 Å². The molecule has 6 nitrogen and oxygen atoms in total. The van der Waals surface area contributed by atoms with Crippen LogP contribution < -0.4 is 14.5 Å². The number of anilines is 3. The van der Waals surface area contributed by atoms with Crippen molar-refractivity contribution in [3.8, 4) is 17.3 Å². The number of aromatic nitrogens is 2. The zero-order valence-electron chi connectivity index (χ0n) is 37.9. The van der Waals surface area contributed by atoms with Crippen LogP contribution in [0.1, 0.15) is 63.8 Å². The molecule has 65 heavy (non-hydrogen) atoms. The molecule has 2 aromatic heterocycles. The highest BCUT2D eigenvalue weighted by Crippen LogP contribution is 2.47. The van der Waals surface area contributed by atoms with Gasteiger partial charge in [0, 0.05) is 40.4 Å². The van der Waals surface area contributed by atoms with Gasteiger partial charge in [-0.25, -0.2) is 4.98 Å². The summed E-state index contributed by atoms with van der Waals surface area (Å²) in [5.74, 6) is 4.86. The summed E-state index contributed by atoms with van der Waals surface area (Å²) in [5, 5.41) is 2.34. The van der Waals surface area contributed by atoms with E-state index in [-0.39, 0.29) is 17.7 Å². The highest BCUT2D eigenvalue weighted by molar-refractivity contribution is 6.73. The van der Waals surface area contributed by atoms with E-state index in [9.17, 15) is 0 Å². The minimum absolute atomic E-state index is 0.00920. The van der Waals surface area contributed by atoms with E-state index >= 15 is 0 Å². The fraction of sp³-hybridized carbons (Fsp3) is 0.155. The quantitative estimate of drug-likeness (QED) is 0.149. The summed E-state index contributed by atoms with van der Waals surface area (Å²) in [6.07, 6.45) is 10.9. The Morgan fingerprint density at radius 3 is 2.03 bits per heavy atom. The second-order valence-electron chi connectivity index (χ2n) is 19.4. The second-order valence-corrected chi connectivity index (χ2v) is 19.4. The van der Waals surface area contributed by atoms with Gasteiger partial charge in [-0.1, -0.05) is 139 Å². The highest BCUT2D eigenvalue weighted by Gasteiger charge is 2.39. The zero-order valence-corrected chi connectivity index (χ0v) is 37.9. The van der Waals surface area contributed by atoms with Crippen LogP contribution in [0.15, 0.2) is 200 Å². The molecule has 0 unspecified atom stereocenters. The maximum absolute atomic E-state index is 6.79. The van der Waals surface area contributed by atoms with E-state index in [0.717, 1.165) is 45.1 Å². The van der Waals surface area contributed by atoms with Crippen LogP contribution >= 0.6 is 0 Å². The Kier molecular flexibility index (Phi) is 9.69. The molecule has 0 atom stereocenters. The summed E-state index contributed by atoms with van der Waals surface area (Å²) in [5.41, 5.74) is 14.3. The number of nitrogens with zero attached hydrogens (tertiary/aromatic N) is 5. The number of hydrogen-bond acceptors (Lipinski definition) is 5. The fourth-order valence-electron chi connectivity index (χ4n) is 9.62. The first-order valence-electron chi connectivity index (χ1n) is 22.7. The zero-order chi connectivity index (χ0) is 44.5. The standard InChI is InChI=1S/C58H52BN5O/c1-57(2,3)43-25-23-40(24-26-43)42-30-33-61-34-31-48(41-15-8-7-9-16-41)56(59(61)38-42)63-39-62(52-21-12-13-22-53(52)63)45-17-14-18-46(36-45)65-47-27-28-50-49-19-10-11-20-51(49)64(54(50)37-47)55-35-44(29-32-60-55)58(4,5)6/h7-38H,39H2,1-6H3. The molecule has 7 heteroatoms. The molecule has 0 bridgehead atoms. The van der Waals surface area contributed by atoms with Gasteiger partial charge in [0.05, 0.1) is 29.1 Å². The number of fused-ring (bicyclic) bond motifs is 5. The number of para-hydroxylation sites is 3. The highest BCUT2D eigenvalue weighted by atomic mass is 16.5. The first-order valence-corrected chi connectivity index (χ1v) is 22.7. The molecular formula is C58H52BN5O. The van der Waals surface area contributed by atoms with Crippen molar-refractivity contribution >= 4 is 56.9 Å². The third kappa shape index (κ3) is 7.31. The van der Waals surface area contributed by atoms with Crippen LogP contribution in [0.25, 0.3) is 38.8 Å². The van der Waals surface area contributed by atoms with Crippen LogP contribution in [-0.4, -0.2) is 27.9 Å². The van der Waals surface area contributed by atoms with Gasteiger partial charge < -0.3 is 19.3 Å². The lowest BCUT2D eigenvalue weighted by molar-refractivity contribution is 0.483. The minimum Gasteiger partial charge on any atom is -0.457 e. The average Bonchev–Trinajstić information content (AvgIpc) is 3.87. The van der Waals surface area contributed by atoms with Crippen molar-refractivity contribution < 1.29 is 4.74 Å². The van der Waals surface area contributed by atoms with Crippen LogP contribution in [0.4, 0.5) is 17.1 Å². The number of pyridine rings is 1. The molecule has 5 heterocycles. The normalized spacial score (nSPS) is 15.0. The first-order chi connectivity index (χ1) is 31.5. The van der Waals surface area contributed by atoms with Crippen molar-refractivity contribution in [1.29, 1.82) is 0 Å². The maximum Gasteiger partial charge on any atom is 0.338 e. The van der Waals surface area contributed by atoms with E-state index in [0.29, 0.717) is 6.67 Å². The summed E-state index contributed by atoms with van der Waals surface area (Å²) in [6.45, 7) is 14.1. The fourth-order valence-corrected chi connectivity index (χ4v) is 9.62. The Hall–Kier alpha value is -7.51. The van der Waals surface area contributed by atoms with Crippen LogP contribution in [0.3, 0.4) is 0 Å². The molecule has 318 valence electrons. The molecule has 0 radical (unpaired) electrons. The van der Waals surface area contributed by atoms with Gasteiger partial charge in [-0.15, -0.1) is 0 Å². The molecule has 0 spiro atoms. The Balaban J connectivity index is 0.955.